The molecule has 2 rings (SSSR count). The fourth-order valence-corrected chi connectivity index (χ4v) is 3.44. The first-order valence-corrected chi connectivity index (χ1v) is 9.93. The Hall–Kier alpha value is -3.35. The summed E-state index contributed by atoms with van der Waals surface area (Å²) in [5, 5.41) is 5.50. The van der Waals surface area contributed by atoms with Crippen molar-refractivity contribution in [3.8, 4) is 0 Å². The molecule has 0 aliphatic carbocycles. The lowest BCUT2D eigenvalue weighted by Crippen LogP contribution is -2.13. The van der Waals surface area contributed by atoms with Crippen molar-refractivity contribution in [1.82, 2.24) is 4.57 Å². The van der Waals surface area contributed by atoms with Gasteiger partial charge in [0.05, 0.1) is 23.5 Å². The Morgan fingerprint density at radius 1 is 1.03 bits per heavy atom. The number of nitrogens with zero attached hydrogens (tertiary/aromatic N) is 1. The van der Waals surface area contributed by atoms with Crippen LogP contribution < -0.4 is 10.6 Å². The second kappa shape index (κ2) is 9.91. The lowest BCUT2D eigenvalue weighted by atomic mass is 10.1. The van der Waals surface area contributed by atoms with Gasteiger partial charge in [-0.15, -0.1) is 0 Å². The highest BCUT2D eigenvalue weighted by Gasteiger charge is 2.22. The van der Waals surface area contributed by atoms with Crippen molar-refractivity contribution in [2.24, 2.45) is 0 Å². The first kappa shape index (κ1) is 22.9. The van der Waals surface area contributed by atoms with Crippen LogP contribution in [0.2, 0.25) is 0 Å². The monoisotopic (exact) mass is 411 g/mol. The molecule has 0 bridgehead atoms. The molecule has 0 spiro atoms. The second-order valence-corrected chi connectivity index (χ2v) is 6.98. The Morgan fingerprint density at radius 3 is 2.33 bits per heavy atom. The minimum absolute atomic E-state index is 0.226. The molecule has 2 amide bonds. The van der Waals surface area contributed by atoms with Crippen molar-refractivity contribution >= 4 is 35.2 Å². The van der Waals surface area contributed by atoms with Crippen LogP contribution in [0.4, 0.5) is 11.4 Å². The van der Waals surface area contributed by atoms with E-state index in [0.717, 1.165) is 17.0 Å². The average Bonchev–Trinajstić information content (AvgIpc) is 2.91. The number of nitrogens with one attached hydrogen (secondary N) is 2. The molecular formula is C23H29N3O4. The predicted octanol–water partition coefficient (Wildman–Crippen LogP) is 4.22. The van der Waals surface area contributed by atoms with Gasteiger partial charge in [0.1, 0.15) is 0 Å². The molecule has 7 heteroatoms. The molecule has 1 aromatic carbocycles. The number of amides is 2. The number of carbonyl (C=O) groups excluding carboxylic acids is 3. The Balaban J connectivity index is 2.35. The normalized spacial score (nSPS) is 10.9. The van der Waals surface area contributed by atoms with Crippen LogP contribution in [-0.2, 0) is 20.9 Å². The Morgan fingerprint density at radius 2 is 1.73 bits per heavy atom. The fourth-order valence-electron chi connectivity index (χ4n) is 3.44. The molecule has 0 aliphatic heterocycles. The van der Waals surface area contributed by atoms with Crippen molar-refractivity contribution in [2.75, 3.05) is 17.2 Å². The van der Waals surface area contributed by atoms with E-state index >= 15 is 0 Å². The molecule has 0 radical (unpaired) electrons. The highest BCUT2D eigenvalue weighted by molar-refractivity contribution is 6.06. The van der Waals surface area contributed by atoms with E-state index < -0.39 is 5.97 Å². The number of ether oxygens (including phenoxy) is 1. The van der Waals surface area contributed by atoms with E-state index in [1.807, 2.05) is 38.3 Å². The molecule has 2 aromatic rings. The van der Waals surface area contributed by atoms with E-state index in [2.05, 4.69) is 10.6 Å². The van der Waals surface area contributed by atoms with Gasteiger partial charge in [-0.1, -0.05) is 6.07 Å². The Bertz CT molecular complexity index is 1000. The van der Waals surface area contributed by atoms with Crippen molar-refractivity contribution in [3.63, 3.8) is 0 Å². The summed E-state index contributed by atoms with van der Waals surface area (Å²) in [6.45, 7) is 11.8. The number of anilines is 2. The predicted molar refractivity (Wildman–Crippen MR) is 119 cm³/mol. The second-order valence-electron chi connectivity index (χ2n) is 6.98. The third-order valence-electron chi connectivity index (χ3n) is 4.77. The zero-order chi connectivity index (χ0) is 22.4. The number of aryl methyl sites for hydroxylation is 1. The van der Waals surface area contributed by atoms with E-state index in [0.29, 0.717) is 29.0 Å². The summed E-state index contributed by atoms with van der Waals surface area (Å²) in [5.74, 6) is -1.00. The van der Waals surface area contributed by atoms with Gasteiger partial charge in [0, 0.05) is 36.5 Å². The van der Waals surface area contributed by atoms with Crippen LogP contribution in [0.1, 0.15) is 53.6 Å². The third-order valence-corrected chi connectivity index (χ3v) is 4.77. The average molecular weight is 412 g/mol. The molecule has 1 heterocycles. The molecular weight excluding hydrogens is 382 g/mol. The lowest BCUT2D eigenvalue weighted by molar-refractivity contribution is -0.114. The van der Waals surface area contributed by atoms with E-state index in [1.54, 1.807) is 25.1 Å². The summed E-state index contributed by atoms with van der Waals surface area (Å²) in [5.41, 5.74) is 4.79. The molecule has 1 aromatic heterocycles. The van der Waals surface area contributed by atoms with Crippen LogP contribution in [0.15, 0.2) is 24.3 Å². The summed E-state index contributed by atoms with van der Waals surface area (Å²) >= 11 is 0. The van der Waals surface area contributed by atoms with Crippen LogP contribution in [-0.4, -0.2) is 29.0 Å². The Kier molecular flexibility index (Phi) is 7.58. The molecule has 2 N–H and O–H groups in total. The summed E-state index contributed by atoms with van der Waals surface area (Å²) < 4.78 is 7.22. The fraction of sp³-hybridized carbons (Fsp3) is 0.348. The highest BCUT2D eigenvalue weighted by Crippen LogP contribution is 2.26. The lowest BCUT2D eigenvalue weighted by Gasteiger charge is -2.11. The number of rotatable bonds is 7. The number of hydrogen-bond donors (Lipinski definition) is 2. The van der Waals surface area contributed by atoms with E-state index in [4.69, 9.17) is 4.74 Å². The van der Waals surface area contributed by atoms with Gasteiger partial charge >= 0.3 is 5.97 Å². The molecule has 0 fully saturated rings. The molecule has 0 unspecified atom stereocenters. The van der Waals surface area contributed by atoms with Gasteiger partial charge < -0.3 is 19.9 Å². The summed E-state index contributed by atoms with van der Waals surface area (Å²) in [4.78, 5) is 36.5. The summed E-state index contributed by atoms with van der Waals surface area (Å²) in [6, 6.07) is 5.37. The minimum atomic E-state index is -0.406. The smallest absolute Gasteiger partial charge is 0.340 e. The summed E-state index contributed by atoms with van der Waals surface area (Å²) in [7, 11) is 0. The molecule has 7 nitrogen and oxygen atoms in total. The number of hydrogen-bond acceptors (Lipinski definition) is 4. The van der Waals surface area contributed by atoms with Crippen molar-refractivity contribution in [2.45, 2.75) is 48.1 Å². The van der Waals surface area contributed by atoms with Gasteiger partial charge in [0.25, 0.3) is 0 Å². The first-order valence-electron chi connectivity index (χ1n) is 9.93. The molecule has 0 atom stereocenters. The zero-order valence-corrected chi connectivity index (χ0v) is 18.4. The van der Waals surface area contributed by atoms with E-state index in [-0.39, 0.29) is 18.4 Å². The molecule has 160 valence electrons. The van der Waals surface area contributed by atoms with E-state index in [9.17, 15) is 14.4 Å². The Labute approximate surface area is 177 Å². The first-order chi connectivity index (χ1) is 14.2. The van der Waals surface area contributed by atoms with Gasteiger partial charge in [-0.05, 0) is 58.4 Å². The number of aromatic nitrogens is 1. The standard InChI is InChI=1S/C23H29N3O4/c1-7-26-15(4)18(22(16(26)5)23(29)30-8-2)10-12-21(28)25-20-13-14(3)9-11-19(20)24-17(6)27/h9-13H,7-8H2,1-6H3,(H,24,27)(H,25,28)/b12-10+. The topological polar surface area (TPSA) is 89.4 Å². The molecule has 0 aliphatic rings. The van der Waals surface area contributed by atoms with Crippen LogP contribution in [0.3, 0.4) is 0 Å². The van der Waals surface area contributed by atoms with Crippen molar-refractivity contribution < 1.29 is 19.1 Å². The largest absolute Gasteiger partial charge is 0.462 e. The maximum absolute atomic E-state index is 12.6. The summed E-state index contributed by atoms with van der Waals surface area (Å²) in [6.07, 6.45) is 3.01. The van der Waals surface area contributed by atoms with Crippen molar-refractivity contribution in [1.29, 1.82) is 0 Å². The van der Waals surface area contributed by atoms with Crippen LogP contribution in [0.25, 0.3) is 6.08 Å². The maximum Gasteiger partial charge on any atom is 0.340 e. The van der Waals surface area contributed by atoms with Crippen LogP contribution in [0, 0.1) is 20.8 Å². The molecule has 0 saturated heterocycles. The van der Waals surface area contributed by atoms with Gasteiger partial charge in [-0.2, -0.15) is 0 Å². The third kappa shape index (κ3) is 5.17. The van der Waals surface area contributed by atoms with Gasteiger partial charge in [-0.25, -0.2) is 4.79 Å². The van der Waals surface area contributed by atoms with Gasteiger partial charge in [0.2, 0.25) is 11.8 Å². The SMILES string of the molecule is CCOC(=O)c1c(/C=C/C(=O)Nc2cc(C)ccc2NC(C)=O)c(C)n(CC)c1C. The van der Waals surface area contributed by atoms with Crippen molar-refractivity contribution in [3.05, 3.63) is 52.4 Å². The van der Waals surface area contributed by atoms with Crippen LogP contribution >= 0.6 is 0 Å². The number of benzene rings is 1. The molecule has 30 heavy (non-hydrogen) atoms. The quantitative estimate of drug-likeness (QED) is 0.527. The van der Waals surface area contributed by atoms with Gasteiger partial charge in [-0.3, -0.25) is 9.59 Å². The molecule has 0 saturated carbocycles. The number of esters is 1. The van der Waals surface area contributed by atoms with Crippen LogP contribution in [0.5, 0.6) is 0 Å². The van der Waals surface area contributed by atoms with Gasteiger partial charge in [0.15, 0.2) is 0 Å². The minimum Gasteiger partial charge on any atom is -0.462 e. The maximum atomic E-state index is 12.6. The van der Waals surface area contributed by atoms with E-state index in [1.165, 1.54) is 13.0 Å². The zero-order valence-electron chi connectivity index (χ0n) is 18.4. The highest BCUT2D eigenvalue weighted by atomic mass is 16.5. The number of carbonyl (C=O) groups is 3.